The minimum atomic E-state index is -0.0618. The molecule has 32 heavy (non-hydrogen) atoms. The molecule has 0 saturated carbocycles. The van der Waals surface area contributed by atoms with Gasteiger partial charge in [-0.2, -0.15) is 0 Å². The molecule has 0 bridgehead atoms. The number of benzene rings is 1. The van der Waals surface area contributed by atoms with Crippen LogP contribution in [0.1, 0.15) is 51.0 Å². The van der Waals surface area contributed by atoms with Crippen LogP contribution in [-0.2, 0) is 9.59 Å². The lowest BCUT2D eigenvalue weighted by Gasteiger charge is -2.30. The average molecular weight is 477 g/mol. The number of rotatable bonds is 9. The molecular formula is C24H32N2O4S2. The molecule has 0 spiro atoms. The Kier molecular flexibility index (Phi) is 8.99. The number of carbonyl (C=O) groups is 2. The lowest BCUT2D eigenvalue weighted by atomic mass is 9.99. The van der Waals surface area contributed by atoms with E-state index >= 15 is 0 Å². The molecule has 174 valence electrons. The van der Waals surface area contributed by atoms with E-state index in [4.69, 9.17) is 21.7 Å². The Bertz CT molecular complexity index is 879. The van der Waals surface area contributed by atoms with Crippen LogP contribution in [0.2, 0.25) is 0 Å². The number of piperidine rings is 1. The third kappa shape index (κ3) is 6.25. The van der Waals surface area contributed by atoms with Gasteiger partial charge in [-0.3, -0.25) is 14.5 Å². The van der Waals surface area contributed by atoms with E-state index in [0.29, 0.717) is 33.7 Å². The first-order valence-electron chi connectivity index (χ1n) is 11.2. The first kappa shape index (κ1) is 24.6. The molecular weight excluding hydrogens is 444 g/mol. The molecule has 2 fully saturated rings. The van der Waals surface area contributed by atoms with Crippen molar-refractivity contribution < 1.29 is 19.1 Å². The molecule has 0 unspecified atom stereocenters. The maximum absolute atomic E-state index is 12.8. The number of likely N-dealkylation sites (tertiary alicyclic amines) is 1. The molecule has 2 aliphatic heterocycles. The second-order valence-corrected chi connectivity index (χ2v) is 10.00. The topological polar surface area (TPSA) is 59.1 Å². The van der Waals surface area contributed by atoms with Crippen molar-refractivity contribution in [3.05, 3.63) is 28.7 Å². The zero-order chi connectivity index (χ0) is 23.1. The number of thioether (sulfide) groups is 1. The maximum Gasteiger partial charge on any atom is 0.266 e. The minimum Gasteiger partial charge on any atom is -0.493 e. The van der Waals surface area contributed by atoms with Crippen molar-refractivity contribution in [3.63, 3.8) is 0 Å². The van der Waals surface area contributed by atoms with E-state index in [2.05, 4.69) is 6.92 Å². The van der Waals surface area contributed by atoms with E-state index < -0.39 is 0 Å². The monoisotopic (exact) mass is 476 g/mol. The van der Waals surface area contributed by atoms with Crippen LogP contribution in [0.15, 0.2) is 23.1 Å². The van der Waals surface area contributed by atoms with Crippen molar-refractivity contribution in [2.24, 2.45) is 5.92 Å². The molecule has 2 amide bonds. The van der Waals surface area contributed by atoms with Crippen LogP contribution in [-0.4, -0.2) is 59.8 Å². The number of amides is 2. The molecule has 2 heterocycles. The molecule has 0 radical (unpaired) electrons. The summed E-state index contributed by atoms with van der Waals surface area (Å²) in [6, 6.07) is 5.54. The third-order valence-corrected chi connectivity index (χ3v) is 7.37. The van der Waals surface area contributed by atoms with Crippen LogP contribution in [0.5, 0.6) is 11.5 Å². The predicted octanol–water partition coefficient (Wildman–Crippen LogP) is 4.72. The Morgan fingerprint density at radius 2 is 1.88 bits per heavy atom. The number of ether oxygens (including phenoxy) is 2. The fraction of sp³-hybridized carbons (Fsp3) is 0.542. The highest BCUT2D eigenvalue weighted by Crippen LogP contribution is 2.34. The first-order chi connectivity index (χ1) is 15.4. The Hall–Kier alpha value is -2.06. The predicted molar refractivity (Wildman–Crippen MR) is 133 cm³/mol. The van der Waals surface area contributed by atoms with Gasteiger partial charge in [-0.05, 0) is 55.4 Å². The normalized spacial score (nSPS) is 18.5. The van der Waals surface area contributed by atoms with Gasteiger partial charge >= 0.3 is 0 Å². The highest BCUT2D eigenvalue weighted by molar-refractivity contribution is 8.26. The summed E-state index contributed by atoms with van der Waals surface area (Å²) < 4.78 is 11.2. The summed E-state index contributed by atoms with van der Waals surface area (Å²) >= 11 is 6.76. The van der Waals surface area contributed by atoms with Crippen LogP contribution < -0.4 is 9.47 Å². The average Bonchev–Trinajstić information content (AvgIpc) is 3.06. The van der Waals surface area contributed by atoms with Crippen molar-refractivity contribution in [1.82, 2.24) is 9.80 Å². The van der Waals surface area contributed by atoms with Gasteiger partial charge in [0.1, 0.15) is 4.32 Å². The van der Waals surface area contributed by atoms with E-state index in [9.17, 15) is 9.59 Å². The van der Waals surface area contributed by atoms with Gasteiger partial charge < -0.3 is 14.4 Å². The highest BCUT2D eigenvalue weighted by atomic mass is 32.2. The third-order valence-electron chi connectivity index (χ3n) is 5.99. The second-order valence-electron chi connectivity index (χ2n) is 8.32. The van der Waals surface area contributed by atoms with E-state index in [1.807, 2.05) is 29.2 Å². The van der Waals surface area contributed by atoms with Gasteiger partial charge in [0, 0.05) is 26.1 Å². The Balaban J connectivity index is 1.46. The highest BCUT2D eigenvalue weighted by Gasteiger charge is 2.31. The SMILES string of the molecule is COc1ccc(C=C2SC(=S)N(CCCCCC(=O)N3CCC(C)CC3)C2=O)cc1OC. The van der Waals surface area contributed by atoms with E-state index in [0.717, 1.165) is 56.7 Å². The summed E-state index contributed by atoms with van der Waals surface area (Å²) in [5, 5.41) is 0. The van der Waals surface area contributed by atoms with Crippen molar-refractivity contribution in [1.29, 1.82) is 0 Å². The van der Waals surface area contributed by atoms with Crippen LogP contribution in [0.3, 0.4) is 0 Å². The molecule has 0 aromatic heterocycles. The standard InChI is InChI=1S/C24H32N2O4S2/c1-17-10-13-25(14-11-17)22(27)7-5-4-6-12-26-23(28)21(32-24(26)31)16-18-8-9-19(29-2)20(15-18)30-3/h8-9,15-17H,4-7,10-14H2,1-3H3. The van der Waals surface area contributed by atoms with Crippen LogP contribution >= 0.6 is 24.0 Å². The van der Waals surface area contributed by atoms with Crippen molar-refractivity contribution >= 4 is 46.2 Å². The van der Waals surface area contributed by atoms with Crippen LogP contribution in [0.4, 0.5) is 0 Å². The molecule has 6 nitrogen and oxygen atoms in total. The summed E-state index contributed by atoms with van der Waals surface area (Å²) in [5.41, 5.74) is 0.855. The van der Waals surface area contributed by atoms with Gasteiger partial charge in [0.05, 0.1) is 19.1 Å². The van der Waals surface area contributed by atoms with E-state index in [-0.39, 0.29) is 11.8 Å². The molecule has 0 aliphatic carbocycles. The fourth-order valence-corrected chi connectivity index (χ4v) is 5.23. The number of carbonyl (C=O) groups excluding carboxylic acids is 2. The zero-order valence-electron chi connectivity index (χ0n) is 19.1. The lowest BCUT2D eigenvalue weighted by molar-refractivity contribution is -0.132. The first-order valence-corrected chi connectivity index (χ1v) is 12.4. The van der Waals surface area contributed by atoms with Gasteiger partial charge in [-0.25, -0.2) is 0 Å². The summed E-state index contributed by atoms with van der Waals surface area (Å²) in [5.74, 6) is 2.19. The van der Waals surface area contributed by atoms with Gasteiger partial charge in [0.15, 0.2) is 11.5 Å². The van der Waals surface area contributed by atoms with E-state index in [1.165, 1.54) is 11.8 Å². The number of thiocarbonyl (C=S) groups is 1. The van der Waals surface area contributed by atoms with Gasteiger partial charge in [0.25, 0.3) is 5.91 Å². The largest absolute Gasteiger partial charge is 0.493 e. The summed E-state index contributed by atoms with van der Waals surface area (Å²) in [6.07, 6.45) is 7.23. The number of hydrogen-bond acceptors (Lipinski definition) is 6. The zero-order valence-corrected chi connectivity index (χ0v) is 20.7. The van der Waals surface area contributed by atoms with Crippen LogP contribution in [0.25, 0.3) is 6.08 Å². The fourth-order valence-electron chi connectivity index (χ4n) is 3.93. The number of methoxy groups -OCH3 is 2. The maximum atomic E-state index is 12.8. The number of hydrogen-bond donors (Lipinski definition) is 0. The molecule has 0 N–H and O–H groups in total. The molecule has 0 atom stereocenters. The van der Waals surface area contributed by atoms with Crippen molar-refractivity contribution in [2.45, 2.75) is 45.4 Å². The van der Waals surface area contributed by atoms with Crippen molar-refractivity contribution in [2.75, 3.05) is 33.9 Å². The second kappa shape index (κ2) is 11.7. The van der Waals surface area contributed by atoms with Gasteiger partial charge in [0.2, 0.25) is 5.91 Å². The summed E-state index contributed by atoms with van der Waals surface area (Å²) in [7, 11) is 3.17. The number of unbranched alkanes of at least 4 members (excludes halogenated alkanes) is 2. The molecule has 3 rings (SSSR count). The summed E-state index contributed by atoms with van der Waals surface area (Å²) in [4.78, 5) is 29.5. The molecule has 2 aliphatic rings. The smallest absolute Gasteiger partial charge is 0.266 e. The molecule has 1 aromatic carbocycles. The molecule has 2 saturated heterocycles. The summed E-state index contributed by atoms with van der Waals surface area (Å²) in [6.45, 7) is 4.62. The van der Waals surface area contributed by atoms with Gasteiger partial charge in [-0.1, -0.05) is 43.4 Å². The Morgan fingerprint density at radius 1 is 1.16 bits per heavy atom. The molecule has 8 heteroatoms. The van der Waals surface area contributed by atoms with Crippen LogP contribution in [0, 0.1) is 5.92 Å². The Morgan fingerprint density at radius 3 is 2.56 bits per heavy atom. The Labute approximate surface area is 200 Å². The van der Waals surface area contributed by atoms with E-state index in [1.54, 1.807) is 19.1 Å². The molecule has 1 aromatic rings. The van der Waals surface area contributed by atoms with Crippen molar-refractivity contribution in [3.8, 4) is 11.5 Å². The lowest BCUT2D eigenvalue weighted by Crippen LogP contribution is -2.37. The minimum absolute atomic E-state index is 0.0618. The quantitative estimate of drug-likeness (QED) is 0.292. The number of nitrogens with zero attached hydrogens (tertiary/aromatic N) is 2. The van der Waals surface area contributed by atoms with Gasteiger partial charge in [-0.15, -0.1) is 0 Å².